The van der Waals surface area contributed by atoms with Crippen LogP contribution in [0.4, 0.5) is 0 Å². The smallest absolute Gasteiger partial charge is 2.00 e. The third-order valence-corrected chi connectivity index (χ3v) is 1.21. The fourth-order valence-corrected chi connectivity index (χ4v) is 0.802. The van der Waals surface area contributed by atoms with E-state index in [2.05, 4.69) is 5.32 Å². The first-order valence-corrected chi connectivity index (χ1v) is 2.71. The minimum atomic E-state index is 0. The molecule has 0 bridgehead atoms. The molecule has 0 unspecified atom stereocenters. The van der Waals surface area contributed by atoms with Gasteiger partial charge < -0.3 is 32.7 Å². The standard InChI is InChI=1S/C5H11N.ClH.2Nb.5O/c1-2-4-6-5-3-1;;;;;;;;/h6H,1-5H2;1H;;;;;;;/q;;2*+5;5*-2. The van der Waals surface area contributed by atoms with Gasteiger partial charge in [-0.25, -0.2) is 0 Å². The zero-order chi connectivity index (χ0) is 4.24. The van der Waals surface area contributed by atoms with Gasteiger partial charge >= 0.3 is 44.8 Å². The average Bonchev–Trinajstić information content (AvgIpc) is 1.72. The van der Waals surface area contributed by atoms with Gasteiger partial charge in [0, 0.05) is 0 Å². The second kappa shape index (κ2) is 46.9. The Morgan fingerprint density at radius 1 is 0.571 bits per heavy atom. The van der Waals surface area contributed by atoms with E-state index < -0.39 is 0 Å². The monoisotopic (exact) mass is 387 g/mol. The van der Waals surface area contributed by atoms with Gasteiger partial charge in [0.2, 0.25) is 0 Å². The van der Waals surface area contributed by atoms with Gasteiger partial charge in [-0.1, -0.05) is 6.42 Å². The molecule has 0 aromatic rings. The molecule has 9 heteroatoms. The topological polar surface area (TPSA) is 155 Å². The number of nitrogens with one attached hydrogen (secondary N) is 1. The molecule has 6 nitrogen and oxygen atoms in total. The molecule has 1 saturated heterocycles. The summed E-state index contributed by atoms with van der Waals surface area (Å²) >= 11 is 0. The van der Waals surface area contributed by atoms with Crippen molar-refractivity contribution >= 4 is 12.4 Å². The predicted octanol–water partition coefficient (Wildman–Crippen LogP) is 0.583. The van der Waals surface area contributed by atoms with Gasteiger partial charge in [-0.05, 0) is 25.9 Å². The second-order valence-corrected chi connectivity index (χ2v) is 1.81. The Bertz CT molecular complexity index is 43.6. The van der Waals surface area contributed by atoms with Gasteiger partial charge in [0.15, 0.2) is 0 Å². The SMILES string of the molecule is C1CCNCC1.Cl.[Nb+5].[Nb+5].[O-2].[O-2].[O-2].[O-2].[O-2]. The van der Waals surface area contributed by atoms with E-state index >= 15 is 0 Å². The second-order valence-electron chi connectivity index (χ2n) is 1.81. The van der Waals surface area contributed by atoms with Crippen molar-refractivity contribution in [1.29, 1.82) is 0 Å². The Labute approximate surface area is 122 Å². The Morgan fingerprint density at radius 3 is 0.929 bits per heavy atom. The molecule has 0 amide bonds. The molecule has 0 aromatic carbocycles. The van der Waals surface area contributed by atoms with E-state index in [1.165, 1.54) is 32.4 Å². The molecule has 1 rings (SSSR count). The number of rotatable bonds is 0. The number of halogens is 1. The third kappa shape index (κ3) is 37.5. The molecule has 1 heterocycles. The molecule has 0 aromatic heterocycles. The molecule has 0 spiro atoms. The third-order valence-electron chi connectivity index (χ3n) is 1.21. The van der Waals surface area contributed by atoms with E-state index in [9.17, 15) is 0 Å². The number of piperidine rings is 1. The number of hydrogen-bond acceptors (Lipinski definition) is 1. The van der Waals surface area contributed by atoms with Gasteiger partial charge in [0.1, 0.15) is 0 Å². The molecule has 1 aliphatic rings. The Hall–Kier alpha value is 1.53. The maximum Gasteiger partial charge on any atom is 5.00 e. The zero-order valence-corrected chi connectivity index (χ0v) is 12.6. The van der Waals surface area contributed by atoms with Gasteiger partial charge in [0.25, 0.3) is 0 Å². The van der Waals surface area contributed by atoms with Crippen LogP contribution in [0.25, 0.3) is 0 Å². The van der Waals surface area contributed by atoms with Crippen LogP contribution >= 0.6 is 12.4 Å². The predicted molar refractivity (Wildman–Crippen MR) is 37.4 cm³/mol. The van der Waals surface area contributed by atoms with E-state index in [0.29, 0.717) is 0 Å². The van der Waals surface area contributed by atoms with Crippen LogP contribution in [0.2, 0.25) is 0 Å². The van der Waals surface area contributed by atoms with Crippen molar-refractivity contribution in [3.05, 3.63) is 0 Å². The number of hydrogen-bond donors (Lipinski definition) is 1. The average molecular weight is 387 g/mol. The van der Waals surface area contributed by atoms with Crippen LogP contribution in [-0.2, 0) is 72.1 Å². The maximum absolute atomic E-state index is 3.28. The fourth-order valence-electron chi connectivity index (χ4n) is 0.802. The van der Waals surface area contributed by atoms with E-state index in [1.54, 1.807) is 0 Å². The Kier molecular flexibility index (Phi) is 194. The van der Waals surface area contributed by atoms with E-state index in [-0.39, 0.29) is 84.5 Å². The van der Waals surface area contributed by atoms with Crippen LogP contribution in [0, 0.1) is 0 Å². The van der Waals surface area contributed by atoms with Crippen molar-refractivity contribution in [2.45, 2.75) is 19.3 Å². The Morgan fingerprint density at radius 2 is 0.857 bits per heavy atom. The fraction of sp³-hybridized carbons (Fsp3) is 1.00. The van der Waals surface area contributed by atoms with E-state index in [1.807, 2.05) is 0 Å². The summed E-state index contributed by atoms with van der Waals surface area (Å²) in [5.41, 5.74) is 0. The van der Waals surface area contributed by atoms with E-state index in [4.69, 9.17) is 0 Å². The minimum Gasteiger partial charge on any atom is -2.00 e. The molecule has 0 radical (unpaired) electrons. The van der Waals surface area contributed by atoms with Gasteiger partial charge in [-0.3, -0.25) is 0 Å². The summed E-state index contributed by atoms with van der Waals surface area (Å²) in [5, 5.41) is 3.28. The summed E-state index contributed by atoms with van der Waals surface area (Å²) in [5.74, 6) is 0. The van der Waals surface area contributed by atoms with Crippen LogP contribution < -0.4 is 5.32 Å². The van der Waals surface area contributed by atoms with Crippen LogP contribution in [0.1, 0.15) is 19.3 Å². The zero-order valence-electron chi connectivity index (χ0n) is 7.38. The molecule has 1 aliphatic heterocycles. The van der Waals surface area contributed by atoms with Crippen LogP contribution in [0.5, 0.6) is 0 Å². The largest absolute Gasteiger partial charge is 5.00 e. The van der Waals surface area contributed by atoms with Crippen molar-refractivity contribution in [2.24, 2.45) is 0 Å². The molecule has 0 atom stereocenters. The van der Waals surface area contributed by atoms with Gasteiger partial charge in [-0.15, -0.1) is 12.4 Å². The maximum atomic E-state index is 3.28. The van der Waals surface area contributed by atoms with Crippen molar-refractivity contribution in [1.82, 2.24) is 5.32 Å². The van der Waals surface area contributed by atoms with E-state index in [0.717, 1.165) is 0 Å². The first kappa shape index (κ1) is 57.8. The molecular weight excluding hydrogens is 375 g/mol. The first-order chi connectivity index (χ1) is 3.00. The summed E-state index contributed by atoms with van der Waals surface area (Å²) < 4.78 is 0. The molecule has 14 heavy (non-hydrogen) atoms. The molecule has 0 aliphatic carbocycles. The first-order valence-electron chi connectivity index (χ1n) is 2.71. The minimum absolute atomic E-state index is 0. The quantitative estimate of drug-likeness (QED) is 0.593. The summed E-state index contributed by atoms with van der Waals surface area (Å²) in [6.07, 6.45) is 4.22. The summed E-state index contributed by atoms with van der Waals surface area (Å²) in [6, 6.07) is 0. The molecule has 1 fully saturated rings. The molecule has 84 valence electrons. The summed E-state index contributed by atoms with van der Waals surface area (Å²) in [7, 11) is 0. The van der Waals surface area contributed by atoms with Crippen molar-refractivity contribution in [3.8, 4) is 0 Å². The normalized spacial score (nSPS) is 10.3. The van der Waals surface area contributed by atoms with Crippen LogP contribution in [0.15, 0.2) is 0 Å². The Balaban J connectivity index is -0.00000000750. The van der Waals surface area contributed by atoms with Gasteiger partial charge in [0.05, 0.1) is 0 Å². The van der Waals surface area contributed by atoms with Crippen molar-refractivity contribution in [2.75, 3.05) is 13.1 Å². The van der Waals surface area contributed by atoms with Gasteiger partial charge in [-0.2, -0.15) is 0 Å². The van der Waals surface area contributed by atoms with Crippen molar-refractivity contribution in [3.63, 3.8) is 0 Å². The van der Waals surface area contributed by atoms with Crippen molar-refractivity contribution < 1.29 is 72.1 Å². The summed E-state index contributed by atoms with van der Waals surface area (Å²) in [4.78, 5) is 0. The molecule has 0 saturated carbocycles. The summed E-state index contributed by atoms with van der Waals surface area (Å²) in [6.45, 7) is 2.50. The molecule has 1 N–H and O–H groups in total. The van der Waals surface area contributed by atoms with Crippen LogP contribution in [-0.4, -0.2) is 13.1 Å². The molecular formula is C5H12ClNNb2O5. The van der Waals surface area contributed by atoms with Crippen LogP contribution in [0.3, 0.4) is 0 Å².